The van der Waals surface area contributed by atoms with Crippen molar-refractivity contribution in [2.24, 2.45) is 13.0 Å². The van der Waals surface area contributed by atoms with E-state index in [0.29, 0.717) is 5.16 Å². The molecule has 0 spiro atoms. The predicted molar refractivity (Wildman–Crippen MR) is 120 cm³/mol. The maximum atomic E-state index is 12.2. The summed E-state index contributed by atoms with van der Waals surface area (Å²) in [5, 5.41) is 12.1. The van der Waals surface area contributed by atoms with Crippen LogP contribution in [0, 0.1) is 5.92 Å². The van der Waals surface area contributed by atoms with Gasteiger partial charge in [-0.15, -0.1) is 21.5 Å². The number of aryl methyl sites for hydroxylation is 1. The Kier molecular flexibility index (Phi) is 6.77. The molecule has 1 N–H and O–H groups in total. The lowest BCUT2D eigenvalue weighted by atomic mass is 9.87. The average molecular weight is 448 g/mol. The van der Waals surface area contributed by atoms with Crippen molar-refractivity contribution < 1.29 is 9.59 Å². The minimum Gasteiger partial charge on any atom is -0.346 e. The molecule has 9 heteroatoms. The topological polar surface area (TPSA) is 80.1 Å². The van der Waals surface area contributed by atoms with Gasteiger partial charge in [0.25, 0.3) is 0 Å². The van der Waals surface area contributed by atoms with Crippen molar-refractivity contribution in [1.82, 2.24) is 25.0 Å². The van der Waals surface area contributed by atoms with Gasteiger partial charge in [-0.2, -0.15) is 0 Å². The maximum absolute atomic E-state index is 12.2. The second-order valence-corrected chi connectivity index (χ2v) is 10.2. The van der Waals surface area contributed by atoms with Crippen LogP contribution in [0.3, 0.4) is 0 Å². The normalized spacial score (nSPS) is 18.5. The van der Waals surface area contributed by atoms with E-state index in [1.54, 1.807) is 0 Å². The number of fused-ring (bicyclic) bond motifs is 1. The first-order valence-electron chi connectivity index (χ1n) is 10.7. The lowest BCUT2D eigenvalue weighted by Gasteiger charge is -2.19. The zero-order valence-electron chi connectivity index (χ0n) is 17.6. The monoisotopic (exact) mass is 447 g/mol. The molecule has 0 aromatic carbocycles. The number of likely N-dealkylation sites (tertiary alicyclic amines) is 1. The highest BCUT2D eigenvalue weighted by Crippen LogP contribution is 2.37. The quantitative estimate of drug-likeness (QED) is 0.660. The molecule has 1 aliphatic carbocycles. The summed E-state index contributed by atoms with van der Waals surface area (Å²) in [4.78, 5) is 28.6. The minimum atomic E-state index is -0.158. The van der Waals surface area contributed by atoms with Crippen LogP contribution in [-0.4, -0.2) is 56.9 Å². The molecule has 0 saturated carbocycles. The van der Waals surface area contributed by atoms with Crippen LogP contribution in [-0.2, 0) is 29.5 Å². The Morgan fingerprint density at radius 2 is 2.10 bits per heavy atom. The van der Waals surface area contributed by atoms with Gasteiger partial charge in [0.1, 0.15) is 0 Å². The number of carbonyl (C=O) groups excluding carboxylic acids is 2. The molecule has 3 heterocycles. The lowest BCUT2D eigenvalue weighted by molar-refractivity contribution is -0.131. The smallest absolute Gasteiger partial charge is 0.241 e. The number of aromatic nitrogens is 3. The summed E-state index contributed by atoms with van der Waals surface area (Å²) in [5.41, 5.74) is 1.47. The summed E-state index contributed by atoms with van der Waals surface area (Å²) in [7, 11) is 1.94. The summed E-state index contributed by atoms with van der Waals surface area (Å²) < 4.78 is 1.96. The fourth-order valence-electron chi connectivity index (χ4n) is 4.15. The zero-order valence-corrected chi connectivity index (χ0v) is 19.3. The van der Waals surface area contributed by atoms with E-state index < -0.39 is 0 Å². The Bertz CT molecular complexity index is 917. The number of nitrogens with one attached hydrogen (secondary N) is 1. The van der Waals surface area contributed by atoms with Crippen molar-refractivity contribution in [3.63, 3.8) is 0 Å². The summed E-state index contributed by atoms with van der Waals surface area (Å²) in [5.74, 6) is 1.71. The van der Waals surface area contributed by atoms with E-state index in [1.165, 1.54) is 35.0 Å². The van der Waals surface area contributed by atoms with Gasteiger partial charge >= 0.3 is 0 Å². The number of nitrogens with zero attached hydrogens (tertiary/aromatic N) is 4. The lowest BCUT2D eigenvalue weighted by Crippen LogP contribution is -2.39. The van der Waals surface area contributed by atoms with Crippen LogP contribution in [0.4, 0.5) is 0 Å². The summed E-state index contributed by atoms with van der Waals surface area (Å²) >= 11 is 3.17. The van der Waals surface area contributed by atoms with Crippen LogP contribution in [0.15, 0.2) is 11.2 Å². The van der Waals surface area contributed by atoms with Crippen molar-refractivity contribution in [3.8, 4) is 10.7 Å². The Hall–Kier alpha value is -1.87. The molecule has 1 saturated heterocycles. The van der Waals surface area contributed by atoms with Gasteiger partial charge in [0.2, 0.25) is 11.8 Å². The number of thiophene rings is 1. The predicted octanol–water partition coefficient (Wildman–Crippen LogP) is 2.89. The first-order chi connectivity index (χ1) is 14.5. The molecule has 1 unspecified atom stereocenters. The molecule has 1 aliphatic heterocycles. The second-order valence-electron chi connectivity index (χ2n) is 8.09. The van der Waals surface area contributed by atoms with Gasteiger partial charge in [-0.1, -0.05) is 25.1 Å². The van der Waals surface area contributed by atoms with E-state index in [4.69, 9.17) is 0 Å². The molecule has 2 aliphatic rings. The Morgan fingerprint density at radius 1 is 1.30 bits per heavy atom. The first-order valence-corrected chi connectivity index (χ1v) is 12.5. The maximum Gasteiger partial charge on any atom is 0.241 e. The third kappa shape index (κ3) is 4.72. The molecule has 2 aromatic heterocycles. The van der Waals surface area contributed by atoms with E-state index >= 15 is 0 Å². The molecule has 4 rings (SSSR count). The highest BCUT2D eigenvalue weighted by atomic mass is 32.2. The minimum absolute atomic E-state index is 0.00114. The Labute approximate surface area is 185 Å². The van der Waals surface area contributed by atoms with Crippen LogP contribution in [0.5, 0.6) is 0 Å². The summed E-state index contributed by atoms with van der Waals surface area (Å²) in [6.07, 6.45) is 6.94. The van der Waals surface area contributed by atoms with E-state index in [9.17, 15) is 9.59 Å². The molecular weight excluding hydrogens is 418 g/mol. The number of hydrogen-bond acceptors (Lipinski definition) is 6. The molecule has 2 aromatic rings. The molecule has 0 bridgehead atoms. The van der Waals surface area contributed by atoms with Crippen molar-refractivity contribution in [1.29, 1.82) is 0 Å². The van der Waals surface area contributed by atoms with Gasteiger partial charge in [-0.25, -0.2) is 0 Å². The van der Waals surface area contributed by atoms with Gasteiger partial charge in [-0.3, -0.25) is 9.59 Å². The van der Waals surface area contributed by atoms with Crippen molar-refractivity contribution in [2.45, 2.75) is 50.6 Å². The third-order valence-electron chi connectivity index (χ3n) is 6.05. The van der Waals surface area contributed by atoms with Crippen LogP contribution in [0.2, 0.25) is 0 Å². The molecule has 7 nitrogen and oxygen atoms in total. The van der Waals surface area contributed by atoms with Crippen LogP contribution in [0.25, 0.3) is 10.7 Å². The fraction of sp³-hybridized carbons (Fsp3) is 0.619. The van der Waals surface area contributed by atoms with E-state index in [-0.39, 0.29) is 24.1 Å². The van der Waals surface area contributed by atoms with Crippen molar-refractivity contribution >= 4 is 34.9 Å². The fourth-order valence-corrected chi connectivity index (χ4v) is 6.12. The molecule has 162 valence electrons. The van der Waals surface area contributed by atoms with Crippen LogP contribution >= 0.6 is 23.1 Å². The van der Waals surface area contributed by atoms with Gasteiger partial charge in [0.05, 0.1) is 17.2 Å². The van der Waals surface area contributed by atoms with Gasteiger partial charge in [0, 0.05) is 25.0 Å². The highest BCUT2D eigenvalue weighted by Gasteiger charge is 2.23. The molecule has 1 fully saturated rings. The standard InChI is InChI=1S/C21H29N5O2S2/c1-3-14-6-7-16-15(10-14)11-17(30-16)20-23-24-21(25(20)2)29-13-18(27)22-12-19(28)26-8-4-5-9-26/h11,14H,3-10,12-13H2,1-2H3,(H,22,27). The number of rotatable bonds is 7. The van der Waals surface area contributed by atoms with E-state index in [1.807, 2.05) is 27.9 Å². The Balaban J connectivity index is 1.32. The number of thioether (sulfide) groups is 1. The van der Waals surface area contributed by atoms with Gasteiger partial charge in [0.15, 0.2) is 11.0 Å². The van der Waals surface area contributed by atoms with Gasteiger partial charge < -0.3 is 14.8 Å². The van der Waals surface area contributed by atoms with Crippen molar-refractivity contribution in [3.05, 3.63) is 16.5 Å². The highest BCUT2D eigenvalue weighted by molar-refractivity contribution is 7.99. The molecule has 2 amide bonds. The number of carbonyl (C=O) groups is 2. The number of hydrogen-bond donors (Lipinski definition) is 1. The molecule has 0 radical (unpaired) electrons. The third-order valence-corrected chi connectivity index (χ3v) is 8.30. The Morgan fingerprint density at radius 3 is 2.87 bits per heavy atom. The second kappa shape index (κ2) is 9.51. The number of amides is 2. The van der Waals surface area contributed by atoms with Crippen molar-refractivity contribution in [2.75, 3.05) is 25.4 Å². The summed E-state index contributed by atoms with van der Waals surface area (Å²) in [6, 6.07) is 2.27. The molecule has 1 atom stereocenters. The zero-order chi connectivity index (χ0) is 21.1. The van der Waals surface area contributed by atoms with Gasteiger partial charge in [-0.05, 0) is 49.7 Å². The summed E-state index contributed by atoms with van der Waals surface area (Å²) in [6.45, 7) is 3.95. The average Bonchev–Trinajstić information content (AvgIpc) is 3.49. The van der Waals surface area contributed by atoms with E-state index in [2.05, 4.69) is 28.5 Å². The van der Waals surface area contributed by atoms with E-state index in [0.717, 1.165) is 55.4 Å². The van der Waals surface area contributed by atoms with Crippen LogP contribution < -0.4 is 5.32 Å². The molecule has 30 heavy (non-hydrogen) atoms. The molecular formula is C21H29N5O2S2. The van der Waals surface area contributed by atoms with Crippen LogP contribution in [0.1, 0.15) is 43.0 Å². The first kappa shape index (κ1) is 21.4. The SMILES string of the molecule is CCC1CCc2sc(-c3nnc(SCC(=O)NCC(=O)N4CCCC4)n3C)cc2C1. The largest absolute Gasteiger partial charge is 0.346 e.